The van der Waals surface area contributed by atoms with Crippen LogP contribution in [0.2, 0.25) is 0 Å². The van der Waals surface area contributed by atoms with Gasteiger partial charge in [0, 0.05) is 38.6 Å². The normalized spacial score (nSPS) is 25.0. The van der Waals surface area contributed by atoms with E-state index < -0.39 is 5.60 Å². The first-order valence-corrected chi connectivity index (χ1v) is 9.88. The standard InChI is InChI=1S/C21H30N4O/c1-18-14-20(25-12-5-9-22-25)7-6-19(18)15-24-13-8-21(26,17-24)16-23-10-3-2-4-11-23/h5-7,9,12,14,26H,2-4,8,10-11,13,15-17H2,1H3/t21-/m0/s1. The molecular weight excluding hydrogens is 324 g/mol. The smallest absolute Gasteiger partial charge is 0.0912 e. The monoisotopic (exact) mass is 354 g/mol. The molecule has 5 heteroatoms. The van der Waals surface area contributed by atoms with Crippen LogP contribution in [0.15, 0.2) is 36.7 Å². The molecule has 0 bridgehead atoms. The van der Waals surface area contributed by atoms with E-state index in [0.29, 0.717) is 0 Å². The van der Waals surface area contributed by atoms with Gasteiger partial charge in [-0.05, 0) is 68.6 Å². The quantitative estimate of drug-likeness (QED) is 0.896. The van der Waals surface area contributed by atoms with Gasteiger partial charge >= 0.3 is 0 Å². The molecule has 0 spiro atoms. The summed E-state index contributed by atoms with van der Waals surface area (Å²) in [7, 11) is 0. The molecule has 5 nitrogen and oxygen atoms in total. The third-order valence-electron chi connectivity index (χ3n) is 5.87. The van der Waals surface area contributed by atoms with E-state index in [4.69, 9.17) is 0 Å². The van der Waals surface area contributed by atoms with E-state index in [9.17, 15) is 5.11 Å². The van der Waals surface area contributed by atoms with Gasteiger partial charge in [-0.1, -0.05) is 12.5 Å². The van der Waals surface area contributed by atoms with Crippen molar-refractivity contribution in [3.63, 3.8) is 0 Å². The zero-order valence-corrected chi connectivity index (χ0v) is 15.8. The molecule has 1 aromatic heterocycles. The molecule has 0 aliphatic carbocycles. The Morgan fingerprint density at radius 3 is 2.69 bits per heavy atom. The van der Waals surface area contributed by atoms with Crippen molar-refractivity contribution in [1.29, 1.82) is 0 Å². The van der Waals surface area contributed by atoms with Crippen molar-refractivity contribution in [2.45, 2.75) is 44.8 Å². The van der Waals surface area contributed by atoms with Crippen LogP contribution < -0.4 is 0 Å². The summed E-state index contributed by atoms with van der Waals surface area (Å²) in [5.41, 5.74) is 3.17. The minimum atomic E-state index is -0.541. The van der Waals surface area contributed by atoms with Gasteiger partial charge in [-0.25, -0.2) is 4.68 Å². The van der Waals surface area contributed by atoms with Crippen molar-refractivity contribution in [2.75, 3.05) is 32.7 Å². The Morgan fingerprint density at radius 1 is 1.12 bits per heavy atom. The number of β-amino-alcohol motifs (C(OH)–C–C–N with tert-alkyl or cyclic N) is 1. The molecule has 1 N–H and O–H groups in total. The molecule has 0 saturated carbocycles. The number of aliphatic hydroxyl groups is 1. The Balaban J connectivity index is 1.37. The second-order valence-corrected chi connectivity index (χ2v) is 8.08. The average molecular weight is 354 g/mol. The van der Waals surface area contributed by atoms with E-state index in [0.717, 1.165) is 51.4 Å². The van der Waals surface area contributed by atoms with E-state index in [2.05, 4.69) is 40.0 Å². The van der Waals surface area contributed by atoms with E-state index in [1.54, 1.807) is 6.20 Å². The van der Waals surface area contributed by atoms with Crippen LogP contribution in [0.25, 0.3) is 5.69 Å². The molecule has 0 amide bonds. The van der Waals surface area contributed by atoms with Gasteiger partial charge in [0.05, 0.1) is 11.3 Å². The predicted molar refractivity (Wildman–Crippen MR) is 103 cm³/mol. The molecule has 1 aromatic carbocycles. The fourth-order valence-corrected chi connectivity index (χ4v) is 4.40. The Hall–Kier alpha value is -1.69. The van der Waals surface area contributed by atoms with Gasteiger partial charge in [0.25, 0.3) is 0 Å². The summed E-state index contributed by atoms with van der Waals surface area (Å²) in [6, 6.07) is 8.47. The molecule has 2 aliphatic rings. The highest BCUT2D eigenvalue weighted by atomic mass is 16.3. The number of aromatic nitrogens is 2. The third-order valence-corrected chi connectivity index (χ3v) is 5.87. The van der Waals surface area contributed by atoms with Gasteiger partial charge in [0.1, 0.15) is 0 Å². The van der Waals surface area contributed by atoms with Crippen LogP contribution in [0, 0.1) is 6.92 Å². The van der Waals surface area contributed by atoms with Gasteiger partial charge in [0.2, 0.25) is 0 Å². The zero-order chi connectivity index (χ0) is 18.0. The minimum Gasteiger partial charge on any atom is -0.387 e. The molecule has 140 valence electrons. The molecule has 26 heavy (non-hydrogen) atoms. The average Bonchev–Trinajstić information content (AvgIpc) is 3.28. The van der Waals surface area contributed by atoms with Crippen LogP contribution in [0.1, 0.15) is 36.8 Å². The van der Waals surface area contributed by atoms with Crippen molar-refractivity contribution in [3.8, 4) is 5.69 Å². The van der Waals surface area contributed by atoms with Crippen molar-refractivity contribution >= 4 is 0 Å². The van der Waals surface area contributed by atoms with E-state index in [-0.39, 0.29) is 0 Å². The zero-order valence-electron chi connectivity index (χ0n) is 15.8. The summed E-state index contributed by atoms with van der Waals surface area (Å²) >= 11 is 0. The van der Waals surface area contributed by atoms with E-state index >= 15 is 0 Å². The lowest BCUT2D eigenvalue weighted by Gasteiger charge is -2.33. The second kappa shape index (κ2) is 7.51. The minimum absolute atomic E-state index is 0.541. The number of hydrogen-bond donors (Lipinski definition) is 1. The number of benzene rings is 1. The van der Waals surface area contributed by atoms with E-state index in [1.807, 2.05) is 16.9 Å². The maximum atomic E-state index is 11.0. The Bertz CT molecular complexity index is 724. The number of hydrogen-bond acceptors (Lipinski definition) is 4. The summed E-state index contributed by atoms with van der Waals surface area (Å²) in [5.74, 6) is 0. The summed E-state index contributed by atoms with van der Waals surface area (Å²) in [4.78, 5) is 4.86. The van der Waals surface area contributed by atoms with Crippen LogP contribution in [-0.2, 0) is 6.54 Å². The molecule has 0 radical (unpaired) electrons. The molecular formula is C21H30N4O. The lowest BCUT2D eigenvalue weighted by atomic mass is 10.0. The molecule has 4 rings (SSSR count). The number of likely N-dealkylation sites (tertiary alicyclic amines) is 2. The van der Waals surface area contributed by atoms with Crippen LogP contribution in [0.3, 0.4) is 0 Å². The fourth-order valence-electron chi connectivity index (χ4n) is 4.40. The van der Waals surface area contributed by atoms with Crippen molar-refractivity contribution < 1.29 is 5.11 Å². The van der Waals surface area contributed by atoms with Crippen LogP contribution in [-0.4, -0.2) is 63.0 Å². The van der Waals surface area contributed by atoms with Crippen molar-refractivity contribution in [2.24, 2.45) is 0 Å². The van der Waals surface area contributed by atoms with Crippen LogP contribution in [0.5, 0.6) is 0 Å². The molecule has 2 saturated heterocycles. The Morgan fingerprint density at radius 2 is 1.96 bits per heavy atom. The molecule has 3 heterocycles. The lowest BCUT2D eigenvalue weighted by molar-refractivity contribution is 0.00633. The molecule has 2 aromatic rings. The van der Waals surface area contributed by atoms with Crippen molar-refractivity contribution in [1.82, 2.24) is 19.6 Å². The first-order chi connectivity index (χ1) is 12.6. The number of piperidine rings is 1. The fraction of sp³-hybridized carbons (Fsp3) is 0.571. The summed E-state index contributed by atoms with van der Waals surface area (Å²) < 4.78 is 1.89. The highest BCUT2D eigenvalue weighted by Gasteiger charge is 2.37. The lowest BCUT2D eigenvalue weighted by Crippen LogP contribution is -2.46. The Labute approximate surface area is 156 Å². The number of aryl methyl sites for hydroxylation is 1. The Kier molecular flexibility index (Phi) is 5.11. The third kappa shape index (κ3) is 4.00. The number of nitrogens with zero attached hydrogens (tertiary/aromatic N) is 4. The summed E-state index contributed by atoms with van der Waals surface area (Å²) in [5, 5.41) is 15.3. The summed E-state index contributed by atoms with van der Waals surface area (Å²) in [6.45, 7) is 7.97. The largest absolute Gasteiger partial charge is 0.387 e. The molecule has 0 unspecified atom stereocenters. The molecule has 1 atom stereocenters. The van der Waals surface area contributed by atoms with Gasteiger partial charge in [-0.3, -0.25) is 4.90 Å². The van der Waals surface area contributed by atoms with E-state index in [1.165, 1.54) is 30.4 Å². The van der Waals surface area contributed by atoms with Crippen LogP contribution in [0.4, 0.5) is 0 Å². The SMILES string of the molecule is Cc1cc(-n2cccn2)ccc1CN1CC[C@](O)(CN2CCCCC2)C1. The maximum Gasteiger partial charge on any atom is 0.0912 e. The van der Waals surface area contributed by atoms with Crippen LogP contribution >= 0.6 is 0 Å². The van der Waals surface area contributed by atoms with Gasteiger partial charge < -0.3 is 10.0 Å². The second-order valence-electron chi connectivity index (χ2n) is 8.08. The van der Waals surface area contributed by atoms with Gasteiger partial charge in [-0.15, -0.1) is 0 Å². The van der Waals surface area contributed by atoms with Crippen molar-refractivity contribution in [3.05, 3.63) is 47.8 Å². The first kappa shape index (κ1) is 17.7. The molecule has 2 aliphatic heterocycles. The highest BCUT2D eigenvalue weighted by Crippen LogP contribution is 2.26. The maximum absolute atomic E-state index is 11.0. The number of rotatable bonds is 5. The highest BCUT2D eigenvalue weighted by molar-refractivity contribution is 5.39. The van der Waals surface area contributed by atoms with Gasteiger partial charge in [0.15, 0.2) is 0 Å². The van der Waals surface area contributed by atoms with Gasteiger partial charge in [-0.2, -0.15) is 5.10 Å². The molecule has 2 fully saturated rings. The first-order valence-electron chi connectivity index (χ1n) is 9.88. The topological polar surface area (TPSA) is 44.5 Å². The predicted octanol–water partition coefficient (Wildman–Crippen LogP) is 2.60. The summed E-state index contributed by atoms with van der Waals surface area (Å²) in [6.07, 6.45) is 8.55.